The van der Waals surface area contributed by atoms with Gasteiger partial charge < -0.3 is 14.6 Å². The van der Waals surface area contributed by atoms with Crippen LogP contribution >= 0.6 is 0 Å². The summed E-state index contributed by atoms with van der Waals surface area (Å²) in [5.74, 6) is 1.07. The van der Waals surface area contributed by atoms with E-state index in [0.717, 1.165) is 43.7 Å². The molecule has 18 heavy (non-hydrogen) atoms. The summed E-state index contributed by atoms with van der Waals surface area (Å²) in [4.78, 5) is 7.26. The molecular weight excluding hydrogens is 226 g/mol. The minimum absolute atomic E-state index is 0.346. The van der Waals surface area contributed by atoms with Crippen LogP contribution in [0.4, 0.5) is 0 Å². The molecule has 2 atom stereocenters. The monoisotopic (exact) mass is 249 g/mol. The van der Waals surface area contributed by atoms with Crippen molar-refractivity contribution in [3.63, 3.8) is 0 Å². The lowest BCUT2D eigenvalue weighted by atomic mass is 10.1. The van der Waals surface area contributed by atoms with Crippen molar-refractivity contribution < 1.29 is 5.11 Å². The van der Waals surface area contributed by atoms with Gasteiger partial charge in [-0.15, -0.1) is 0 Å². The predicted octanol–water partition coefficient (Wildman–Crippen LogP) is 1.74. The normalized spacial score (nSPS) is 28.6. The van der Waals surface area contributed by atoms with Gasteiger partial charge in [-0.1, -0.05) is 6.92 Å². The van der Waals surface area contributed by atoms with Gasteiger partial charge in [-0.05, 0) is 38.8 Å². The van der Waals surface area contributed by atoms with Crippen molar-refractivity contribution in [2.75, 3.05) is 13.1 Å². The third kappa shape index (κ3) is 2.19. The van der Waals surface area contributed by atoms with Gasteiger partial charge in [0, 0.05) is 25.1 Å². The number of rotatable bonds is 3. The summed E-state index contributed by atoms with van der Waals surface area (Å²) in [6.45, 7) is 4.61. The van der Waals surface area contributed by atoms with E-state index in [4.69, 9.17) is 4.98 Å². The van der Waals surface area contributed by atoms with E-state index in [9.17, 15) is 5.11 Å². The van der Waals surface area contributed by atoms with E-state index in [0.29, 0.717) is 6.04 Å². The second-order valence-electron chi connectivity index (χ2n) is 5.56. The van der Waals surface area contributed by atoms with Crippen LogP contribution in [-0.2, 0) is 12.8 Å². The number of aliphatic hydroxyl groups excluding tert-OH is 1. The van der Waals surface area contributed by atoms with Gasteiger partial charge in [-0.25, -0.2) is 4.98 Å². The molecule has 4 heteroatoms. The molecule has 0 bridgehead atoms. The smallest absolute Gasteiger partial charge is 0.131 e. The first kappa shape index (κ1) is 12.2. The number of hydrogen-bond donors (Lipinski definition) is 1. The lowest BCUT2D eigenvalue weighted by Gasteiger charge is -2.21. The molecule has 3 heterocycles. The molecule has 1 aromatic heterocycles. The first-order valence-electron chi connectivity index (χ1n) is 7.26. The summed E-state index contributed by atoms with van der Waals surface area (Å²) in [5.41, 5.74) is 1.16. The Hall–Kier alpha value is -0.870. The van der Waals surface area contributed by atoms with Gasteiger partial charge >= 0.3 is 0 Å². The van der Waals surface area contributed by atoms with E-state index in [1.54, 1.807) is 0 Å². The van der Waals surface area contributed by atoms with Crippen molar-refractivity contribution in [2.24, 2.45) is 0 Å². The van der Waals surface area contributed by atoms with Crippen LogP contribution in [0.15, 0.2) is 6.20 Å². The first-order valence-corrected chi connectivity index (χ1v) is 7.26. The van der Waals surface area contributed by atoms with E-state index in [1.807, 2.05) is 4.57 Å². The highest BCUT2D eigenvalue weighted by molar-refractivity contribution is 5.09. The van der Waals surface area contributed by atoms with E-state index < -0.39 is 0 Å². The van der Waals surface area contributed by atoms with Gasteiger partial charge in [-0.2, -0.15) is 0 Å². The Kier molecular flexibility index (Phi) is 3.39. The van der Waals surface area contributed by atoms with Gasteiger partial charge in [-0.3, -0.25) is 0 Å². The number of aryl methyl sites for hydroxylation is 1. The second-order valence-corrected chi connectivity index (χ2v) is 5.56. The molecule has 2 aliphatic heterocycles. The molecule has 1 aromatic rings. The topological polar surface area (TPSA) is 41.3 Å². The summed E-state index contributed by atoms with van der Waals surface area (Å²) in [6, 6.07) is 0.657. The Bertz CT molecular complexity index is 415. The molecule has 100 valence electrons. The van der Waals surface area contributed by atoms with Gasteiger partial charge in [0.25, 0.3) is 0 Å². The fraction of sp³-hybridized carbons (Fsp3) is 0.786. The summed E-state index contributed by atoms with van der Waals surface area (Å²) >= 11 is 0. The molecule has 0 saturated carbocycles. The largest absolute Gasteiger partial charge is 0.373 e. The number of imidazole rings is 1. The van der Waals surface area contributed by atoms with E-state index in [1.165, 1.54) is 19.4 Å². The van der Waals surface area contributed by atoms with E-state index in [2.05, 4.69) is 18.0 Å². The number of fused-ring (bicyclic) bond motifs is 1. The first-order chi connectivity index (χ1) is 8.78. The van der Waals surface area contributed by atoms with Crippen LogP contribution in [-0.4, -0.2) is 38.7 Å². The molecule has 0 aromatic carbocycles. The highest BCUT2D eigenvalue weighted by atomic mass is 16.3. The Labute approximate surface area is 109 Å². The molecular formula is C14H23N3O. The molecule has 4 nitrogen and oxygen atoms in total. The number of aromatic nitrogens is 2. The fourth-order valence-electron chi connectivity index (χ4n) is 3.39. The van der Waals surface area contributed by atoms with Crippen molar-refractivity contribution in [2.45, 2.75) is 57.7 Å². The number of likely N-dealkylation sites (N-methyl/N-ethyl adjacent to an activating group) is 1. The quantitative estimate of drug-likeness (QED) is 0.887. The van der Waals surface area contributed by atoms with Crippen molar-refractivity contribution >= 4 is 0 Å². The van der Waals surface area contributed by atoms with Gasteiger partial charge in [0.2, 0.25) is 0 Å². The molecule has 2 unspecified atom stereocenters. The second kappa shape index (κ2) is 5.02. The number of hydrogen-bond acceptors (Lipinski definition) is 3. The third-order valence-corrected chi connectivity index (χ3v) is 4.39. The highest BCUT2D eigenvalue weighted by Gasteiger charge is 2.25. The lowest BCUT2D eigenvalue weighted by molar-refractivity contribution is 0.0780. The van der Waals surface area contributed by atoms with Gasteiger partial charge in [0.05, 0.1) is 5.69 Å². The van der Waals surface area contributed by atoms with Crippen LogP contribution in [0.1, 0.15) is 50.4 Å². The van der Waals surface area contributed by atoms with Gasteiger partial charge in [0.1, 0.15) is 12.1 Å². The summed E-state index contributed by atoms with van der Waals surface area (Å²) in [7, 11) is 0. The van der Waals surface area contributed by atoms with Crippen LogP contribution in [0, 0.1) is 0 Å². The maximum absolute atomic E-state index is 9.95. The SMILES string of the molecule is CCN1CCCC1Cc1cn2c(n1)CCCC2O. The van der Waals surface area contributed by atoms with Crippen LogP contribution in [0.3, 0.4) is 0 Å². The van der Waals surface area contributed by atoms with Gasteiger partial charge in [0.15, 0.2) is 0 Å². The van der Waals surface area contributed by atoms with Crippen molar-refractivity contribution in [3.05, 3.63) is 17.7 Å². The molecule has 2 aliphatic rings. The number of aliphatic hydroxyl groups is 1. The van der Waals surface area contributed by atoms with E-state index in [-0.39, 0.29) is 6.23 Å². The summed E-state index contributed by atoms with van der Waals surface area (Å²) in [6.07, 6.45) is 8.31. The molecule has 0 aliphatic carbocycles. The Morgan fingerprint density at radius 2 is 2.28 bits per heavy atom. The Morgan fingerprint density at radius 3 is 3.06 bits per heavy atom. The lowest BCUT2D eigenvalue weighted by Crippen LogP contribution is -2.30. The maximum atomic E-state index is 9.95. The van der Waals surface area contributed by atoms with Crippen LogP contribution in [0.25, 0.3) is 0 Å². The minimum atomic E-state index is -0.346. The molecule has 0 radical (unpaired) electrons. The van der Waals surface area contributed by atoms with E-state index >= 15 is 0 Å². The Balaban J connectivity index is 1.73. The molecule has 3 rings (SSSR count). The van der Waals surface area contributed by atoms with Crippen LogP contribution < -0.4 is 0 Å². The minimum Gasteiger partial charge on any atom is -0.373 e. The Morgan fingerprint density at radius 1 is 1.39 bits per heavy atom. The number of nitrogens with zero attached hydrogens (tertiary/aromatic N) is 3. The van der Waals surface area contributed by atoms with Crippen LogP contribution in [0.2, 0.25) is 0 Å². The molecule has 1 saturated heterocycles. The zero-order chi connectivity index (χ0) is 12.5. The molecule has 1 fully saturated rings. The summed E-state index contributed by atoms with van der Waals surface area (Å²) in [5, 5.41) is 9.95. The maximum Gasteiger partial charge on any atom is 0.131 e. The molecule has 1 N–H and O–H groups in total. The zero-order valence-corrected chi connectivity index (χ0v) is 11.2. The summed E-state index contributed by atoms with van der Waals surface area (Å²) < 4.78 is 1.98. The van der Waals surface area contributed by atoms with Crippen molar-refractivity contribution in [1.82, 2.24) is 14.5 Å². The zero-order valence-electron chi connectivity index (χ0n) is 11.2. The molecule has 0 amide bonds. The average Bonchev–Trinajstić information content (AvgIpc) is 2.96. The fourth-order valence-corrected chi connectivity index (χ4v) is 3.39. The van der Waals surface area contributed by atoms with Crippen molar-refractivity contribution in [3.8, 4) is 0 Å². The van der Waals surface area contributed by atoms with Crippen molar-refractivity contribution in [1.29, 1.82) is 0 Å². The predicted molar refractivity (Wildman–Crippen MR) is 70.4 cm³/mol. The standard InChI is InChI=1S/C14H23N3O/c1-2-16-8-4-5-12(16)9-11-10-17-13(15-11)6-3-7-14(17)18/h10,12,14,18H,2-9H2,1H3. The highest BCUT2D eigenvalue weighted by Crippen LogP contribution is 2.25. The molecule has 0 spiro atoms. The number of likely N-dealkylation sites (tertiary alicyclic amines) is 1. The third-order valence-electron chi connectivity index (χ3n) is 4.39. The average molecular weight is 249 g/mol. The van der Waals surface area contributed by atoms with Crippen LogP contribution in [0.5, 0.6) is 0 Å².